The smallest absolute Gasteiger partial charge is 0.303 e. The first-order valence-electron chi connectivity index (χ1n) is 12.2. The molecule has 0 saturated heterocycles. The second-order valence-corrected chi connectivity index (χ2v) is 10.6. The van der Waals surface area contributed by atoms with E-state index < -0.39 is 16.0 Å². The van der Waals surface area contributed by atoms with Gasteiger partial charge in [-0.25, -0.2) is 8.42 Å². The number of carbonyl (C=O) groups is 1. The molecule has 0 saturated carbocycles. The molecule has 38 heavy (non-hydrogen) atoms. The van der Waals surface area contributed by atoms with Gasteiger partial charge < -0.3 is 14.6 Å². The quantitative estimate of drug-likeness (QED) is 0.224. The summed E-state index contributed by atoms with van der Waals surface area (Å²) >= 11 is 0. The van der Waals surface area contributed by atoms with Gasteiger partial charge in [-0.05, 0) is 66.1 Å². The molecule has 0 spiro atoms. The number of nitrogens with zero attached hydrogens (tertiary/aromatic N) is 1. The lowest BCUT2D eigenvalue weighted by molar-refractivity contribution is -0.137. The van der Waals surface area contributed by atoms with Gasteiger partial charge in [-0.15, -0.1) is 0 Å². The van der Waals surface area contributed by atoms with Gasteiger partial charge in [0.05, 0.1) is 4.90 Å². The van der Waals surface area contributed by atoms with Gasteiger partial charge in [0.1, 0.15) is 23.9 Å². The zero-order valence-electron chi connectivity index (χ0n) is 20.8. The molecule has 1 N–H and O–H groups in total. The lowest BCUT2D eigenvalue weighted by atomic mass is 10.2. The summed E-state index contributed by atoms with van der Waals surface area (Å²) in [6.07, 6.45) is 0.0736. The van der Waals surface area contributed by atoms with Gasteiger partial charge >= 0.3 is 5.97 Å². The van der Waals surface area contributed by atoms with Gasteiger partial charge in [0.15, 0.2) is 0 Å². The molecule has 4 aromatic rings. The lowest BCUT2D eigenvalue weighted by Gasteiger charge is -2.22. The van der Waals surface area contributed by atoms with E-state index in [1.54, 1.807) is 24.3 Å². The third kappa shape index (κ3) is 7.68. The van der Waals surface area contributed by atoms with E-state index in [1.165, 1.54) is 16.4 Å². The summed E-state index contributed by atoms with van der Waals surface area (Å²) in [5.74, 6) is 0.866. The van der Waals surface area contributed by atoms with Crippen molar-refractivity contribution in [2.24, 2.45) is 0 Å². The minimum Gasteiger partial charge on any atom is -0.489 e. The SMILES string of the molecule is O=C(O)CCCN(Cc1ccc(OCc2ccccc2)cc1)S(=O)(=O)c1ccc(Oc2ccccc2)cc1. The number of ether oxygens (including phenoxy) is 2. The van der Waals surface area contributed by atoms with Gasteiger partial charge in [-0.2, -0.15) is 4.31 Å². The maximum Gasteiger partial charge on any atom is 0.303 e. The van der Waals surface area contributed by atoms with Crippen LogP contribution >= 0.6 is 0 Å². The molecule has 4 rings (SSSR count). The minimum absolute atomic E-state index is 0.0726. The molecule has 0 bridgehead atoms. The Bertz CT molecular complexity index is 1410. The Labute approximate surface area is 222 Å². The Hall–Kier alpha value is -4.14. The second kappa shape index (κ2) is 12.9. The van der Waals surface area contributed by atoms with Crippen molar-refractivity contribution in [2.75, 3.05) is 6.54 Å². The van der Waals surface area contributed by atoms with Crippen LogP contribution < -0.4 is 9.47 Å². The van der Waals surface area contributed by atoms with Crippen LogP contribution in [0.5, 0.6) is 17.2 Å². The summed E-state index contributed by atoms with van der Waals surface area (Å²) in [7, 11) is -3.89. The third-order valence-corrected chi connectivity index (χ3v) is 7.63. The fraction of sp³-hybridized carbons (Fsp3) is 0.167. The van der Waals surface area contributed by atoms with E-state index in [0.717, 1.165) is 11.1 Å². The number of hydrogen-bond donors (Lipinski definition) is 1. The van der Waals surface area contributed by atoms with E-state index >= 15 is 0 Å². The standard InChI is InChI=1S/C30H29NO6S/c32-30(33)12-7-21-31(22-24-13-15-26(16-14-24)36-23-25-8-3-1-4-9-25)38(34,35)29-19-17-28(18-20-29)37-27-10-5-2-6-11-27/h1-6,8-11,13-20H,7,12,21-23H2,(H,32,33). The van der Waals surface area contributed by atoms with Crippen molar-refractivity contribution >= 4 is 16.0 Å². The fourth-order valence-corrected chi connectivity index (χ4v) is 5.25. The molecule has 0 atom stereocenters. The zero-order chi connectivity index (χ0) is 26.8. The maximum absolute atomic E-state index is 13.5. The zero-order valence-corrected chi connectivity index (χ0v) is 21.6. The minimum atomic E-state index is -3.89. The molecule has 196 valence electrons. The van der Waals surface area contributed by atoms with E-state index in [4.69, 9.17) is 14.6 Å². The molecule has 4 aromatic carbocycles. The van der Waals surface area contributed by atoms with E-state index in [-0.39, 0.29) is 30.8 Å². The summed E-state index contributed by atoms with van der Waals surface area (Å²) < 4.78 is 39.9. The van der Waals surface area contributed by atoms with Crippen LogP contribution in [0.25, 0.3) is 0 Å². The molecular formula is C30H29NO6S. The highest BCUT2D eigenvalue weighted by Gasteiger charge is 2.25. The molecule has 0 aliphatic heterocycles. The van der Waals surface area contributed by atoms with Gasteiger partial charge in [0.2, 0.25) is 10.0 Å². The van der Waals surface area contributed by atoms with Gasteiger partial charge in [0.25, 0.3) is 0 Å². The van der Waals surface area contributed by atoms with Crippen LogP contribution in [0.3, 0.4) is 0 Å². The molecule has 0 amide bonds. The highest BCUT2D eigenvalue weighted by molar-refractivity contribution is 7.89. The van der Waals surface area contributed by atoms with E-state index in [2.05, 4.69) is 0 Å². The second-order valence-electron chi connectivity index (χ2n) is 8.64. The number of carboxylic acid groups (broad SMARTS) is 1. The number of para-hydroxylation sites is 1. The molecule has 0 unspecified atom stereocenters. The summed E-state index contributed by atoms with van der Waals surface area (Å²) in [6.45, 7) is 0.603. The summed E-state index contributed by atoms with van der Waals surface area (Å²) in [6, 6.07) is 32.5. The summed E-state index contributed by atoms with van der Waals surface area (Å²) in [4.78, 5) is 11.2. The molecule has 8 heteroatoms. The van der Waals surface area contributed by atoms with Gasteiger partial charge in [0, 0.05) is 19.5 Å². The molecule has 0 fully saturated rings. The Kier molecular flexibility index (Phi) is 9.13. The average Bonchev–Trinajstić information content (AvgIpc) is 2.93. The number of benzene rings is 4. The number of rotatable bonds is 13. The van der Waals surface area contributed by atoms with Crippen molar-refractivity contribution in [3.63, 3.8) is 0 Å². The monoisotopic (exact) mass is 531 g/mol. The van der Waals surface area contributed by atoms with E-state index in [1.807, 2.05) is 72.8 Å². The first-order valence-corrected chi connectivity index (χ1v) is 13.6. The molecule has 7 nitrogen and oxygen atoms in total. The first kappa shape index (κ1) is 26.9. The van der Waals surface area contributed by atoms with Crippen LogP contribution in [-0.4, -0.2) is 30.3 Å². The van der Waals surface area contributed by atoms with E-state index in [0.29, 0.717) is 23.9 Å². The van der Waals surface area contributed by atoms with Gasteiger partial charge in [-0.1, -0.05) is 60.7 Å². The number of carboxylic acids is 1. The van der Waals surface area contributed by atoms with Crippen molar-refractivity contribution in [1.82, 2.24) is 4.31 Å². The number of hydrogen-bond acceptors (Lipinski definition) is 5. The largest absolute Gasteiger partial charge is 0.489 e. The topological polar surface area (TPSA) is 93.1 Å². The molecule has 0 aliphatic rings. The Morgan fingerprint density at radius 2 is 1.29 bits per heavy atom. The highest BCUT2D eigenvalue weighted by Crippen LogP contribution is 2.26. The highest BCUT2D eigenvalue weighted by atomic mass is 32.2. The van der Waals surface area contributed by atoms with Crippen LogP contribution in [0.15, 0.2) is 114 Å². The predicted molar refractivity (Wildman–Crippen MR) is 145 cm³/mol. The molecule has 0 aliphatic carbocycles. The Morgan fingerprint density at radius 1 is 0.711 bits per heavy atom. The molecule has 0 aromatic heterocycles. The summed E-state index contributed by atoms with van der Waals surface area (Å²) in [5.41, 5.74) is 1.81. The van der Waals surface area contributed by atoms with Crippen molar-refractivity contribution < 1.29 is 27.8 Å². The molecular weight excluding hydrogens is 502 g/mol. The first-order chi connectivity index (χ1) is 18.4. The lowest BCUT2D eigenvalue weighted by Crippen LogP contribution is -2.32. The van der Waals surface area contributed by atoms with Crippen molar-refractivity contribution in [1.29, 1.82) is 0 Å². The number of aliphatic carboxylic acids is 1. The van der Waals surface area contributed by atoms with Crippen molar-refractivity contribution in [2.45, 2.75) is 30.9 Å². The molecule has 0 radical (unpaired) electrons. The predicted octanol–water partition coefficient (Wildman–Crippen LogP) is 6.11. The van der Waals surface area contributed by atoms with E-state index in [9.17, 15) is 13.2 Å². The average molecular weight is 532 g/mol. The van der Waals surface area contributed by atoms with Crippen molar-refractivity contribution in [3.8, 4) is 17.2 Å². The van der Waals surface area contributed by atoms with Crippen LogP contribution in [0, 0.1) is 0 Å². The number of sulfonamides is 1. The Balaban J connectivity index is 1.46. The van der Waals surface area contributed by atoms with Crippen LogP contribution in [0.1, 0.15) is 24.0 Å². The van der Waals surface area contributed by atoms with Crippen LogP contribution in [-0.2, 0) is 28.0 Å². The third-order valence-electron chi connectivity index (χ3n) is 5.77. The normalized spacial score (nSPS) is 11.3. The van der Waals surface area contributed by atoms with Gasteiger partial charge in [-0.3, -0.25) is 4.79 Å². The summed E-state index contributed by atoms with van der Waals surface area (Å²) in [5, 5.41) is 9.06. The maximum atomic E-state index is 13.5. The van der Waals surface area contributed by atoms with Crippen molar-refractivity contribution in [3.05, 3.63) is 120 Å². The molecule has 0 heterocycles. The fourth-order valence-electron chi connectivity index (χ4n) is 3.78. The Morgan fingerprint density at radius 3 is 1.92 bits per heavy atom. The van der Waals surface area contributed by atoms with Crippen LogP contribution in [0.4, 0.5) is 0 Å². The van der Waals surface area contributed by atoms with Crippen LogP contribution in [0.2, 0.25) is 0 Å².